The first-order chi connectivity index (χ1) is 17.2. The fraction of sp³-hybridized carbons (Fsp3) is 0.240. The molecule has 4 N–H and O–H groups in total. The van der Waals surface area contributed by atoms with Crippen LogP contribution in [0, 0.1) is 6.92 Å². The minimum atomic E-state index is -3.17. The maximum Gasteiger partial charge on any atom is 0.237 e. The maximum absolute atomic E-state index is 11.6. The van der Waals surface area contributed by atoms with Crippen LogP contribution in [0.3, 0.4) is 0 Å². The third-order valence-corrected chi connectivity index (χ3v) is 6.79. The predicted molar refractivity (Wildman–Crippen MR) is 141 cm³/mol. The molecule has 11 heteroatoms. The molecular formula is C25H26N6O4S. The molecular weight excluding hydrogens is 480 g/mol. The number of nitrogen functional groups attached to an aromatic ring is 1. The number of rotatable bonds is 6. The van der Waals surface area contributed by atoms with Gasteiger partial charge in [0.05, 0.1) is 24.1 Å². The van der Waals surface area contributed by atoms with Crippen molar-refractivity contribution >= 4 is 43.8 Å². The van der Waals surface area contributed by atoms with Crippen molar-refractivity contribution in [2.45, 2.75) is 12.7 Å². The molecule has 1 aliphatic rings. The number of nitrogens with one attached hydrogen (secondary N) is 2. The van der Waals surface area contributed by atoms with E-state index in [1.165, 1.54) is 13.4 Å². The van der Waals surface area contributed by atoms with Crippen LogP contribution >= 0.6 is 0 Å². The van der Waals surface area contributed by atoms with Crippen molar-refractivity contribution in [2.75, 3.05) is 42.9 Å². The number of nitrogens with zero attached hydrogens (tertiary/aromatic N) is 3. The van der Waals surface area contributed by atoms with Gasteiger partial charge in [-0.2, -0.15) is 0 Å². The predicted octanol–water partition coefficient (Wildman–Crippen LogP) is 3.68. The Morgan fingerprint density at radius 3 is 2.81 bits per heavy atom. The van der Waals surface area contributed by atoms with Gasteiger partial charge in [0, 0.05) is 41.8 Å². The second kappa shape index (κ2) is 9.15. The van der Waals surface area contributed by atoms with Crippen LogP contribution in [0.1, 0.15) is 11.1 Å². The molecule has 0 fully saturated rings. The number of hydrogen-bond donors (Lipinski definition) is 3. The van der Waals surface area contributed by atoms with Gasteiger partial charge in [0.15, 0.2) is 9.84 Å². The Balaban J connectivity index is 1.50. The SMILES string of the molecule is COc1cc(CS(C)(=O)=O)ccc1Nc1ncc2c(N)cc(-c3cnc4c(c3C)NCCO4)cc2n1. The first kappa shape index (κ1) is 23.6. The van der Waals surface area contributed by atoms with Crippen molar-refractivity contribution in [1.29, 1.82) is 0 Å². The van der Waals surface area contributed by atoms with Crippen LogP contribution in [0.25, 0.3) is 22.0 Å². The number of methoxy groups -OCH3 is 1. The van der Waals surface area contributed by atoms with E-state index < -0.39 is 9.84 Å². The summed E-state index contributed by atoms with van der Waals surface area (Å²) >= 11 is 0. The molecule has 0 spiro atoms. The van der Waals surface area contributed by atoms with Crippen molar-refractivity contribution in [1.82, 2.24) is 15.0 Å². The molecule has 3 heterocycles. The number of hydrogen-bond acceptors (Lipinski definition) is 10. The van der Waals surface area contributed by atoms with Crippen molar-refractivity contribution in [3.05, 3.63) is 53.9 Å². The highest BCUT2D eigenvalue weighted by atomic mass is 32.2. The number of anilines is 4. The number of fused-ring (bicyclic) bond motifs is 2. The molecule has 0 saturated carbocycles. The average Bonchev–Trinajstić information content (AvgIpc) is 2.84. The largest absolute Gasteiger partial charge is 0.495 e. The number of nitrogens with two attached hydrogens (primary N) is 1. The first-order valence-electron chi connectivity index (χ1n) is 11.3. The van der Waals surface area contributed by atoms with Gasteiger partial charge < -0.3 is 25.8 Å². The molecule has 1 aliphatic heterocycles. The summed E-state index contributed by atoms with van der Waals surface area (Å²) in [6, 6.07) is 9.00. The fourth-order valence-corrected chi connectivity index (χ4v) is 5.03. The molecule has 2 aromatic heterocycles. The fourth-order valence-electron chi connectivity index (χ4n) is 4.24. The molecule has 0 aliphatic carbocycles. The zero-order chi connectivity index (χ0) is 25.4. The van der Waals surface area contributed by atoms with Crippen LogP contribution in [0.2, 0.25) is 0 Å². The van der Waals surface area contributed by atoms with Gasteiger partial charge in [-0.05, 0) is 47.9 Å². The molecule has 0 unspecified atom stereocenters. The summed E-state index contributed by atoms with van der Waals surface area (Å²) in [5.41, 5.74) is 12.5. The summed E-state index contributed by atoms with van der Waals surface area (Å²) in [5.74, 6) is 1.36. The number of aromatic nitrogens is 3. The van der Waals surface area contributed by atoms with Crippen LogP contribution in [0.15, 0.2) is 42.7 Å². The summed E-state index contributed by atoms with van der Waals surface area (Å²) < 4.78 is 34.4. The van der Waals surface area contributed by atoms with E-state index in [0.29, 0.717) is 46.6 Å². The van der Waals surface area contributed by atoms with Gasteiger partial charge in [-0.1, -0.05) is 6.07 Å². The van der Waals surface area contributed by atoms with Crippen molar-refractivity contribution < 1.29 is 17.9 Å². The zero-order valence-electron chi connectivity index (χ0n) is 20.1. The second-order valence-electron chi connectivity index (χ2n) is 8.67. The summed E-state index contributed by atoms with van der Waals surface area (Å²) in [6.45, 7) is 3.32. The maximum atomic E-state index is 11.6. The highest BCUT2D eigenvalue weighted by Crippen LogP contribution is 2.37. The van der Waals surface area contributed by atoms with E-state index in [9.17, 15) is 8.42 Å². The van der Waals surface area contributed by atoms with E-state index in [4.69, 9.17) is 15.2 Å². The molecule has 0 bridgehead atoms. The van der Waals surface area contributed by atoms with Gasteiger partial charge in [-0.25, -0.2) is 23.4 Å². The summed E-state index contributed by atoms with van der Waals surface area (Å²) in [6.07, 6.45) is 4.65. The minimum absolute atomic E-state index is 0.0726. The van der Waals surface area contributed by atoms with Crippen LogP contribution in [-0.2, 0) is 15.6 Å². The summed E-state index contributed by atoms with van der Waals surface area (Å²) in [4.78, 5) is 13.5. The van der Waals surface area contributed by atoms with E-state index >= 15 is 0 Å². The average molecular weight is 507 g/mol. The monoisotopic (exact) mass is 506 g/mol. The lowest BCUT2D eigenvalue weighted by Gasteiger charge is -2.21. The molecule has 0 amide bonds. The van der Waals surface area contributed by atoms with Crippen LogP contribution in [-0.4, -0.2) is 49.9 Å². The topological polar surface area (TPSA) is 141 Å². The highest BCUT2D eigenvalue weighted by molar-refractivity contribution is 7.89. The molecule has 36 heavy (non-hydrogen) atoms. The zero-order valence-corrected chi connectivity index (χ0v) is 20.9. The first-order valence-corrected chi connectivity index (χ1v) is 13.3. The molecule has 5 rings (SSSR count). The molecule has 10 nitrogen and oxygen atoms in total. The normalized spacial score (nSPS) is 13.0. The standard InChI is InChI=1S/C25H26N6O4S/c1-14-17(11-28-24-23(14)27-6-7-35-24)16-9-19(26)18-12-29-25(31-21(18)10-16)30-20-5-4-15(8-22(20)34-2)13-36(3,32)33/h4-5,8-12,27H,6-7,13,26H2,1-3H3,(H,29,30,31). The number of ether oxygens (including phenoxy) is 2. The molecule has 0 saturated heterocycles. The number of sulfone groups is 1. The van der Waals surface area contributed by atoms with Crippen molar-refractivity contribution in [3.8, 4) is 22.8 Å². The van der Waals surface area contributed by atoms with Gasteiger partial charge in [-0.3, -0.25) is 0 Å². The van der Waals surface area contributed by atoms with Crippen LogP contribution in [0.5, 0.6) is 11.6 Å². The van der Waals surface area contributed by atoms with Gasteiger partial charge in [0.1, 0.15) is 18.0 Å². The molecule has 186 valence electrons. The number of pyridine rings is 1. The third-order valence-electron chi connectivity index (χ3n) is 5.93. The van der Waals surface area contributed by atoms with Crippen molar-refractivity contribution in [2.24, 2.45) is 0 Å². The molecule has 2 aromatic carbocycles. The lowest BCUT2D eigenvalue weighted by Crippen LogP contribution is -2.20. The Morgan fingerprint density at radius 2 is 2.03 bits per heavy atom. The Morgan fingerprint density at radius 1 is 1.19 bits per heavy atom. The van der Waals surface area contributed by atoms with E-state index in [0.717, 1.165) is 34.3 Å². The Bertz CT molecular complexity index is 1590. The molecule has 0 atom stereocenters. The van der Waals surface area contributed by atoms with E-state index in [2.05, 4.69) is 25.6 Å². The Hall–Kier alpha value is -4.12. The summed E-state index contributed by atoms with van der Waals surface area (Å²) in [7, 11) is -1.64. The van der Waals surface area contributed by atoms with Crippen LogP contribution < -0.4 is 25.8 Å². The lowest BCUT2D eigenvalue weighted by atomic mass is 9.99. The van der Waals surface area contributed by atoms with Gasteiger partial charge >= 0.3 is 0 Å². The molecule has 0 radical (unpaired) electrons. The second-order valence-corrected chi connectivity index (χ2v) is 10.8. The Kier molecular flexibility index (Phi) is 6.00. The van der Waals surface area contributed by atoms with Crippen molar-refractivity contribution in [3.63, 3.8) is 0 Å². The smallest absolute Gasteiger partial charge is 0.237 e. The molecule has 4 aromatic rings. The van der Waals surface area contributed by atoms with E-state index in [1.807, 2.05) is 19.1 Å². The van der Waals surface area contributed by atoms with E-state index in [-0.39, 0.29) is 5.75 Å². The third kappa shape index (κ3) is 4.69. The lowest BCUT2D eigenvalue weighted by molar-refractivity contribution is 0.310. The Labute approximate surface area is 208 Å². The summed E-state index contributed by atoms with van der Waals surface area (Å²) in [5, 5.41) is 7.24. The van der Waals surface area contributed by atoms with Gasteiger partial charge in [0.25, 0.3) is 0 Å². The number of benzene rings is 2. The van der Waals surface area contributed by atoms with Gasteiger partial charge in [0.2, 0.25) is 11.8 Å². The highest BCUT2D eigenvalue weighted by Gasteiger charge is 2.18. The van der Waals surface area contributed by atoms with E-state index in [1.54, 1.807) is 30.6 Å². The quantitative estimate of drug-likeness (QED) is 0.332. The minimum Gasteiger partial charge on any atom is -0.495 e. The van der Waals surface area contributed by atoms with Gasteiger partial charge in [-0.15, -0.1) is 0 Å². The van der Waals surface area contributed by atoms with Crippen LogP contribution in [0.4, 0.5) is 23.0 Å².